The first-order chi connectivity index (χ1) is 15.0. The lowest BCUT2D eigenvalue weighted by molar-refractivity contribution is -0.122. The summed E-state index contributed by atoms with van der Waals surface area (Å²) in [6, 6.07) is 12.5. The lowest BCUT2D eigenvalue weighted by Gasteiger charge is -2.32. The molecule has 1 fully saturated rings. The molecule has 0 saturated carbocycles. The van der Waals surface area contributed by atoms with Gasteiger partial charge in [0.05, 0.1) is 6.54 Å². The van der Waals surface area contributed by atoms with Gasteiger partial charge in [0.2, 0.25) is 5.91 Å². The maximum absolute atomic E-state index is 11.5. The zero-order valence-corrected chi connectivity index (χ0v) is 18.8. The molecule has 1 aromatic heterocycles. The number of guanidine groups is 1. The van der Waals surface area contributed by atoms with Gasteiger partial charge in [0.1, 0.15) is 5.82 Å². The molecule has 166 valence electrons. The molecule has 0 unspecified atom stereocenters. The highest BCUT2D eigenvalue weighted by atomic mass is 16.1. The van der Waals surface area contributed by atoms with Crippen LogP contribution in [0.25, 0.3) is 0 Å². The van der Waals surface area contributed by atoms with Crippen molar-refractivity contribution >= 4 is 17.7 Å². The fourth-order valence-electron chi connectivity index (χ4n) is 3.96. The van der Waals surface area contributed by atoms with Crippen molar-refractivity contribution in [3.8, 4) is 0 Å². The second-order valence-corrected chi connectivity index (χ2v) is 8.10. The Morgan fingerprint density at radius 3 is 2.61 bits per heavy atom. The quantitative estimate of drug-likeness (QED) is 0.529. The molecule has 3 rings (SSSR count). The van der Waals surface area contributed by atoms with Crippen LogP contribution in [0.4, 0.5) is 5.82 Å². The van der Waals surface area contributed by atoms with Crippen molar-refractivity contribution in [1.29, 1.82) is 0 Å². The third-order valence-corrected chi connectivity index (χ3v) is 5.83. The Morgan fingerprint density at radius 2 is 1.94 bits per heavy atom. The lowest BCUT2D eigenvalue weighted by atomic mass is 9.96. The Bertz CT molecular complexity index is 904. The van der Waals surface area contributed by atoms with Crippen LogP contribution in [0.5, 0.6) is 0 Å². The van der Waals surface area contributed by atoms with Gasteiger partial charge in [-0.05, 0) is 43.9 Å². The molecule has 0 aliphatic carbocycles. The number of benzene rings is 1. The molecule has 2 heterocycles. The van der Waals surface area contributed by atoms with E-state index in [1.807, 2.05) is 12.3 Å². The van der Waals surface area contributed by atoms with Crippen LogP contribution in [0.15, 0.2) is 47.6 Å². The number of hydrogen-bond acceptors (Lipinski definition) is 4. The number of nitrogens with one attached hydrogen (secondary N) is 1. The van der Waals surface area contributed by atoms with E-state index in [0.29, 0.717) is 6.54 Å². The molecular formula is C24H34N6O. The van der Waals surface area contributed by atoms with Crippen LogP contribution in [0.1, 0.15) is 36.5 Å². The summed E-state index contributed by atoms with van der Waals surface area (Å²) in [6.07, 6.45) is 3.37. The van der Waals surface area contributed by atoms with Gasteiger partial charge in [-0.3, -0.25) is 4.79 Å². The van der Waals surface area contributed by atoms with E-state index in [2.05, 4.69) is 71.3 Å². The molecule has 2 aromatic rings. The third kappa shape index (κ3) is 5.96. The van der Waals surface area contributed by atoms with Crippen LogP contribution in [0.3, 0.4) is 0 Å². The molecule has 0 atom stereocenters. The van der Waals surface area contributed by atoms with Crippen molar-refractivity contribution in [2.24, 2.45) is 16.6 Å². The summed E-state index contributed by atoms with van der Waals surface area (Å²) < 4.78 is 0. The molecule has 0 bridgehead atoms. The zero-order valence-electron chi connectivity index (χ0n) is 18.8. The molecule has 1 saturated heterocycles. The van der Waals surface area contributed by atoms with Crippen molar-refractivity contribution in [3.05, 3.63) is 59.3 Å². The molecule has 7 nitrogen and oxygen atoms in total. The Morgan fingerprint density at radius 1 is 1.23 bits per heavy atom. The fraction of sp³-hybridized carbons (Fsp3) is 0.458. The summed E-state index contributed by atoms with van der Waals surface area (Å²) >= 11 is 0. The molecule has 1 aromatic carbocycles. The van der Waals surface area contributed by atoms with Crippen molar-refractivity contribution in [2.75, 3.05) is 31.6 Å². The molecular weight excluding hydrogens is 388 g/mol. The third-order valence-electron chi connectivity index (χ3n) is 5.83. The standard InChI is InChI=1S/C24H34N6O/c1-4-26-24(29(3)17-21-9-6-5-8-18(21)2)28-16-20-10-7-13-27-23(20)30-14-11-19(12-15-30)22(25)31/h5-10,13,19H,4,11-12,14-17H2,1-3H3,(H2,25,31)(H,26,28). The van der Waals surface area contributed by atoms with Crippen LogP contribution in [0.2, 0.25) is 0 Å². The number of aliphatic imine (C=N–C) groups is 1. The Hall–Kier alpha value is -3.09. The average Bonchev–Trinajstić information content (AvgIpc) is 2.78. The van der Waals surface area contributed by atoms with Gasteiger partial charge in [0.25, 0.3) is 0 Å². The lowest BCUT2D eigenvalue weighted by Crippen LogP contribution is -2.39. The van der Waals surface area contributed by atoms with Crippen molar-refractivity contribution in [3.63, 3.8) is 0 Å². The highest BCUT2D eigenvalue weighted by Gasteiger charge is 2.25. The van der Waals surface area contributed by atoms with Crippen molar-refractivity contribution < 1.29 is 4.79 Å². The monoisotopic (exact) mass is 422 g/mol. The number of amides is 1. The average molecular weight is 423 g/mol. The number of nitrogens with zero attached hydrogens (tertiary/aromatic N) is 4. The van der Waals surface area contributed by atoms with Crippen LogP contribution in [-0.2, 0) is 17.9 Å². The van der Waals surface area contributed by atoms with E-state index in [1.54, 1.807) is 0 Å². The number of rotatable bonds is 7. The predicted octanol–water partition coefficient (Wildman–Crippen LogP) is 2.69. The minimum absolute atomic E-state index is 0.0307. The van der Waals surface area contributed by atoms with Crippen LogP contribution < -0.4 is 16.0 Å². The van der Waals surface area contributed by atoms with E-state index in [9.17, 15) is 4.79 Å². The van der Waals surface area contributed by atoms with E-state index in [0.717, 1.165) is 56.4 Å². The summed E-state index contributed by atoms with van der Waals surface area (Å²) in [4.78, 5) is 25.4. The van der Waals surface area contributed by atoms with Gasteiger partial charge in [-0.15, -0.1) is 0 Å². The maximum atomic E-state index is 11.5. The smallest absolute Gasteiger partial charge is 0.220 e. The molecule has 1 aliphatic heterocycles. The van der Waals surface area contributed by atoms with Gasteiger partial charge in [-0.25, -0.2) is 9.98 Å². The highest BCUT2D eigenvalue weighted by molar-refractivity contribution is 5.80. The van der Waals surface area contributed by atoms with Crippen molar-refractivity contribution in [2.45, 2.75) is 39.8 Å². The number of piperidine rings is 1. The second kappa shape index (κ2) is 10.8. The van der Waals surface area contributed by atoms with Gasteiger partial charge < -0.3 is 20.9 Å². The summed E-state index contributed by atoms with van der Waals surface area (Å²) in [5.41, 5.74) is 9.13. The second-order valence-electron chi connectivity index (χ2n) is 8.10. The minimum Gasteiger partial charge on any atom is -0.369 e. The molecule has 31 heavy (non-hydrogen) atoms. The predicted molar refractivity (Wildman–Crippen MR) is 126 cm³/mol. The van der Waals surface area contributed by atoms with Crippen molar-refractivity contribution in [1.82, 2.24) is 15.2 Å². The first-order valence-electron chi connectivity index (χ1n) is 11.0. The number of pyridine rings is 1. The molecule has 1 aliphatic rings. The van der Waals surface area contributed by atoms with E-state index in [4.69, 9.17) is 10.7 Å². The molecule has 3 N–H and O–H groups in total. The first-order valence-corrected chi connectivity index (χ1v) is 11.0. The van der Waals surface area contributed by atoms with Gasteiger partial charge in [-0.1, -0.05) is 30.3 Å². The normalized spacial score (nSPS) is 15.1. The summed E-state index contributed by atoms with van der Waals surface area (Å²) in [5.74, 6) is 1.59. The van der Waals surface area contributed by atoms with E-state index in [1.165, 1.54) is 11.1 Å². The highest BCUT2D eigenvalue weighted by Crippen LogP contribution is 2.25. The number of primary amides is 1. The Balaban J connectivity index is 1.73. The molecule has 7 heteroatoms. The van der Waals surface area contributed by atoms with Crippen LogP contribution in [-0.4, -0.2) is 48.4 Å². The SMILES string of the molecule is CCNC(=NCc1cccnc1N1CCC(C(N)=O)CC1)N(C)Cc1ccccc1C. The van der Waals surface area contributed by atoms with E-state index in [-0.39, 0.29) is 11.8 Å². The summed E-state index contributed by atoms with van der Waals surface area (Å²) in [5, 5.41) is 3.40. The Labute approximate surface area is 185 Å². The van der Waals surface area contributed by atoms with E-state index < -0.39 is 0 Å². The van der Waals surface area contributed by atoms with Gasteiger partial charge in [0, 0.05) is 50.9 Å². The summed E-state index contributed by atoms with van der Waals surface area (Å²) in [7, 11) is 2.06. The number of anilines is 1. The molecule has 0 spiro atoms. The number of carbonyl (C=O) groups excluding carboxylic acids is 1. The molecule has 1 amide bonds. The maximum Gasteiger partial charge on any atom is 0.220 e. The number of nitrogens with two attached hydrogens (primary N) is 1. The molecule has 0 radical (unpaired) electrons. The Kier molecular flexibility index (Phi) is 7.87. The number of hydrogen-bond donors (Lipinski definition) is 2. The summed E-state index contributed by atoms with van der Waals surface area (Å²) in [6.45, 7) is 7.92. The van der Waals surface area contributed by atoms with E-state index >= 15 is 0 Å². The fourth-order valence-corrected chi connectivity index (χ4v) is 3.96. The largest absolute Gasteiger partial charge is 0.369 e. The number of aryl methyl sites for hydroxylation is 1. The van der Waals surface area contributed by atoms with Gasteiger partial charge in [0.15, 0.2) is 5.96 Å². The zero-order chi connectivity index (χ0) is 22.2. The van der Waals surface area contributed by atoms with Crippen LogP contribution >= 0.6 is 0 Å². The number of carbonyl (C=O) groups is 1. The van der Waals surface area contributed by atoms with Crippen LogP contribution in [0, 0.1) is 12.8 Å². The number of aromatic nitrogens is 1. The van der Waals surface area contributed by atoms with Gasteiger partial charge >= 0.3 is 0 Å². The van der Waals surface area contributed by atoms with Gasteiger partial charge in [-0.2, -0.15) is 0 Å². The first kappa shape index (κ1) is 22.6. The topological polar surface area (TPSA) is 86.9 Å². The minimum atomic E-state index is -0.197.